The summed E-state index contributed by atoms with van der Waals surface area (Å²) in [5.74, 6) is 10.3. The lowest BCUT2D eigenvalue weighted by Gasteiger charge is -2.29. The lowest BCUT2D eigenvalue weighted by molar-refractivity contribution is 0.106. The third-order valence-electron chi connectivity index (χ3n) is 1.31. The molecule has 0 aromatic rings. The van der Waals surface area contributed by atoms with Crippen molar-refractivity contribution in [3.05, 3.63) is 0 Å². The van der Waals surface area contributed by atoms with E-state index in [0.29, 0.717) is 0 Å². The predicted octanol–water partition coefficient (Wildman–Crippen LogP) is -0.879. The predicted molar refractivity (Wildman–Crippen MR) is 33.1 cm³/mol. The number of nitrogens with two attached hydrogens (primary N) is 3. The van der Waals surface area contributed by atoms with E-state index in [9.17, 15) is 0 Å². The van der Waals surface area contributed by atoms with Gasteiger partial charge >= 0.3 is 0 Å². The summed E-state index contributed by atoms with van der Waals surface area (Å²) in [5, 5.41) is 1.02. The first-order valence-corrected chi connectivity index (χ1v) is 2.59. The van der Waals surface area contributed by atoms with E-state index < -0.39 is 5.66 Å². The summed E-state index contributed by atoms with van der Waals surface area (Å²) in [6.07, 6.45) is 0.736. The van der Waals surface area contributed by atoms with E-state index in [2.05, 4.69) is 0 Å². The van der Waals surface area contributed by atoms with Crippen molar-refractivity contribution in [1.82, 2.24) is 5.12 Å². The van der Waals surface area contributed by atoms with Gasteiger partial charge in [-0.2, -0.15) is 5.12 Å². The Morgan fingerprint density at radius 1 is 1.50 bits per heavy atom. The van der Waals surface area contributed by atoms with Crippen molar-refractivity contribution >= 4 is 0 Å². The molecule has 0 amide bonds. The summed E-state index contributed by atoms with van der Waals surface area (Å²) in [7, 11) is 0. The van der Waals surface area contributed by atoms with Gasteiger partial charge in [-0.25, -0.2) is 0 Å². The summed E-state index contributed by atoms with van der Waals surface area (Å²) in [6.45, 7) is 3.69. The van der Waals surface area contributed by atoms with Crippen molar-refractivity contribution in [1.29, 1.82) is 0 Å². The third-order valence-corrected chi connectivity index (χ3v) is 1.31. The first-order valence-electron chi connectivity index (χ1n) is 2.59. The molecule has 0 bridgehead atoms. The zero-order valence-corrected chi connectivity index (χ0v) is 5.39. The Bertz CT molecular complexity index is 68.4. The standard InChI is InChI=1S/C4H14N4/c1-3-4(2,5)8(6)7/h3,5-7H2,1-2H3. The fourth-order valence-electron chi connectivity index (χ4n) is 0.183. The number of hydrazine groups is 2. The average Bonchev–Trinajstić information content (AvgIpc) is 1.67. The van der Waals surface area contributed by atoms with Crippen LogP contribution >= 0.6 is 0 Å². The summed E-state index contributed by atoms with van der Waals surface area (Å²) in [4.78, 5) is 0. The Kier molecular flexibility index (Phi) is 2.36. The first kappa shape index (κ1) is 7.84. The molecule has 0 aliphatic heterocycles. The van der Waals surface area contributed by atoms with E-state index in [1.54, 1.807) is 6.92 Å². The maximum absolute atomic E-state index is 5.53. The molecular formula is C4H14N4. The maximum Gasteiger partial charge on any atom is 0.0939 e. The smallest absolute Gasteiger partial charge is 0.0939 e. The van der Waals surface area contributed by atoms with Crippen LogP contribution in [0.5, 0.6) is 0 Å². The molecule has 0 aliphatic rings. The van der Waals surface area contributed by atoms with Crippen LogP contribution in [-0.2, 0) is 0 Å². The van der Waals surface area contributed by atoms with E-state index in [-0.39, 0.29) is 0 Å². The molecular weight excluding hydrogens is 104 g/mol. The molecule has 8 heavy (non-hydrogen) atoms. The van der Waals surface area contributed by atoms with Crippen molar-refractivity contribution in [3.8, 4) is 0 Å². The van der Waals surface area contributed by atoms with Gasteiger partial charge in [-0.05, 0) is 13.3 Å². The van der Waals surface area contributed by atoms with Gasteiger partial charge < -0.3 is 5.73 Å². The van der Waals surface area contributed by atoms with Gasteiger partial charge in [0, 0.05) is 0 Å². The van der Waals surface area contributed by atoms with Gasteiger partial charge in [0.05, 0.1) is 5.66 Å². The zero-order valence-electron chi connectivity index (χ0n) is 5.39. The van der Waals surface area contributed by atoms with Crippen molar-refractivity contribution in [2.75, 3.05) is 0 Å². The van der Waals surface area contributed by atoms with Gasteiger partial charge in [0.2, 0.25) is 0 Å². The van der Waals surface area contributed by atoms with Crippen LogP contribution in [0.2, 0.25) is 0 Å². The highest BCUT2D eigenvalue weighted by molar-refractivity contribution is 4.68. The largest absolute Gasteiger partial charge is 0.311 e. The molecule has 0 fully saturated rings. The van der Waals surface area contributed by atoms with Crippen LogP contribution in [0, 0.1) is 0 Å². The van der Waals surface area contributed by atoms with Gasteiger partial charge in [0.1, 0.15) is 0 Å². The van der Waals surface area contributed by atoms with Crippen LogP contribution in [-0.4, -0.2) is 10.8 Å². The van der Waals surface area contributed by atoms with Crippen LogP contribution in [0.15, 0.2) is 0 Å². The number of rotatable bonds is 2. The Labute approximate surface area is 49.6 Å². The topological polar surface area (TPSA) is 81.3 Å². The SMILES string of the molecule is CCC(C)(N)N(N)N. The second-order valence-electron chi connectivity index (χ2n) is 2.12. The van der Waals surface area contributed by atoms with E-state index in [1.165, 1.54) is 0 Å². The first-order chi connectivity index (χ1) is 3.50. The second kappa shape index (κ2) is 2.41. The van der Waals surface area contributed by atoms with Crippen LogP contribution in [0.4, 0.5) is 0 Å². The molecule has 1 atom stereocenters. The molecule has 1 unspecified atom stereocenters. The van der Waals surface area contributed by atoms with Gasteiger partial charge in [-0.1, -0.05) is 6.92 Å². The van der Waals surface area contributed by atoms with Gasteiger partial charge in [-0.15, -0.1) is 0 Å². The van der Waals surface area contributed by atoms with Gasteiger partial charge in [0.15, 0.2) is 0 Å². The Morgan fingerprint density at radius 3 is 1.88 bits per heavy atom. The fraction of sp³-hybridized carbons (Fsp3) is 1.00. The van der Waals surface area contributed by atoms with E-state index in [0.717, 1.165) is 11.5 Å². The number of hydrogen-bond acceptors (Lipinski definition) is 4. The Morgan fingerprint density at radius 2 is 1.88 bits per heavy atom. The average molecular weight is 118 g/mol. The summed E-state index contributed by atoms with van der Waals surface area (Å²) in [5.41, 5.74) is 4.97. The minimum Gasteiger partial charge on any atom is -0.311 e. The van der Waals surface area contributed by atoms with Crippen LogP contribution in [0.25, 0.3) is 0 Å². The summed E-state index contributed by atoms with van der Waals surface area (Å²) < 4.78 is 0. The Balaban J connectivity index is 3.71. The highest BCUT2D eigenvalue weighted by atomic mass is 15.6. The molecule has 0 aromatic carbocycles. The lowest BCUT2D eigenvalue weighted by atomic mass is 10.2. The molecule has 0 spiro atoms. The van der Waals surface area contributed by atoms with Crippen LogP contribution in [0.3, 0.4) is 0 Å². The maximum atomic E-state index is 5.53. The molecule has 4 heteroatoms. The minimum atomic E-state index is -0.569. The zero-order chi connectivity index (χ0) is 6.78. The Hall–Kier alpha value is -0.160. The highest BCUT2D eigenvalue weighted by Crippen LogP contribution is 2.01. The highest BCUT2D eigenvalue weighted by Gasteiger charge is 2.18. The fourth-order valence-corrected chi connectivity index (χ4v) is 0.183. The molecule has 4 nitrogen and oxygen atoms in total. The number of hydrogen-bond donors (Lipinski definition) is 3. The van der Waals surface area contributed by atoms with Crippen molar-refractivity contribution in [3.63, 3.8) is 0 Å². The molecule has 0 rings (SSSR count). The second-order valence-corrected chi connectivity index (χ2v) is 2.12. The number of nitrogens with zero attached hydrogens (tertiary/aromatic N) is 1. The van der Waals surface area contributed by atoms with E-state index in [4.69, 9.17) is 17.4 Å². The van der Waals surface area contributed by atoms with Gasteiger partial charge in [-0.3, -0.25) is 11.7 Å². The van der Waals surface area contributed by atoms with Gasteiger partial charge in [0.25, 0.3) is 0 Å². The summed E-state index contributed by atoms with van der Waals surface area (Å²) >= 11 is 0. The molecule has 0 heterocycles. The van der Waals surface area contributed by atoms with Crippen LogP contribution in [0.1, 0.15) is 20.3 Å². The molecule has 0 aliphatic carbocycles. The van der Waals surface area contributed by atoms with Crippen LogP contribution < -0.4 is 17.4 Å². The van der Waals surface area contributed by atoms with E-state index in [1.807, 2.05) is 6.92 Å². The molecule has 0 saturated carbocycles. The lowest BCUT2D eigenvalue weighted by Crippen LogP contribution is -2.60. The minimum absolute atomic E-state index is 0.569. The molecule has 0 saturated heterocycles. The monoisotopic (exact) mass is 118 g/mol. The van der Waals surface area contributed by atoms with Crippen molar-refractivity contribution in [2.24, 2.45) is 17.4 Å². The third kappa shape index (κ3) is 1.75. The van der Waals surface area contributed by atoms with Crippen molar-refractivity contribution < 1.29 is 0 Å². The molecule has 6 N–H and O–H groups in total. The van der Waals surface area contributed by atoms with Crippen molar-refractivity contribution in [2.45, 2.75) is 25.9 Å². The quantitative estimate of drug-likeness (QED) is 0.250. The van der Waals surface area contributed by atoms with E-state index >= 15 is 0 Å². The molecule has 0 radical (unpaired) electrons. The molecule has 0 aromatic heterocycles. The summed E-state index contributed by atoms with van der Waals surface area (Å²) in [6, 6.07) is 0. The molecule has 50 valence electrons. The normalized spacial score (nSPS) is 18.8.